The minimum atomic E-state index is -3.98. The summed E-state index contributed by atoms with van der Waals surface area (Å²) in [4.78, 5) is 26.8. The van der Waals surface area contributed by atoms with Crippen LogP contribution in [-0.2, 0) is 21.2 Å². The van der Waals surface area contributed by atoms with Crippen molar-refractivity contribution in [2.75, 3.05) is 11.4 Å². The molecule has 2 aromatic carbocycles. The van der Waals surface area contributed by atoms with E-state index in [-0.39, 0.29) is 16.5 Å². The normalized spacial score (nSPS) is 20.5. The summed E-state index contributed by atoms with van der Waals surface area (Å²) >= 11 is 0. The number of anilines is 1. The summed E-state index contributed by atoms with van der Waals surface area (Å²) < 4.78 is 25.9. The van der Waals surface area contributed by atoms with E-state index in [2.05, 4.69) is 0 Å². The molecule has 2 aliphatic heterocycles. The Labute approximate surface area is 145 Å². The molecular formula is C18H16N2O4S. The predicted octanol–water partition coefficient (Wildman–Crippen LogP) is 1.81. The third kappa shape index (κ3) is 2.26. The van der Waals surface area contributed by atoms with Gasteiger partial charge in [-0.15, -0.1) is 0 Å². The predicted molar refractivity (Wildman–Crippen MR) is 91.8 cm³/mol. The molecule has 6 nitrogen and oxygen atoms in total. The van der Waals surface area contributed by atoms with Gasteiger partial charge < -0.3 is 4.90 Å². The second-order valence-corrected chi connectivity index (χ2v) is 8.09. The topological polar surface area (TPSA) is 74.8 Å². The monoisotopic (exact) mass is 356 g/mol. The Kier molecular flexibility index (Phi) is 3.43. The van der Waals surface area contributed by atoms with Crippen molar-refractivity contribution >= 4 is 27.5 Å². The summed E-state index contributed by atoms with van der Waals surface area (Å²) in [7, 11) is -3.98. The molecule has 0 aromatic heterocycles. The van der Waals surface area contributed by atoms with Gasteiger partial charge in [0.1, 0.15) is 11.4 Å². The largest absolute Gasteiger partial charge is 0.307 e. The highest BCUT2D eigenvalue weighted by Crippen LogP contribution is 2.34. The van der Waals surface area contributed by atoms with Gasteiger partial charge >= 0.3 is 0 Å². The fraction of sp³-hybridized carbons (Fsp3) is 0.222. The molecule has 4 rings (SSSR count). The van der Waals surface area contributed by atoms with Crippen molar-refractivity contribution in [1.82, 2.24) is 4.31 Å². The Balaban J connectivity index is 1.66. The van der Waals surface area contributed by atoms with E-state index in [0.717, 1.165) is 11.3 Å². The summed E-state index contributed by atoms with van der Waals surface area (Å²) in [6, 6.07) is 13.5. The van der Waals surface area contributed by atoms with Gasteiger partial charge in [0, 0.05) is 11.7 Å². The molecule has 0 N–H and O–H groups in total. The number of sulfonamides is 1. The number of hydrogen-bond donors (Lipinski definition) is 0. The van der Waals surface area contributed by atoms with Crippen LogP contribution in [0.1, 0.15) is 22.8 Å². The summed E-state index contributed by atoms with van der Waals surface area (Å²) in [5.41, 5.74) is 1.94. The second kappa shape index (κ2) is 5.42. The molecule has 0 fully saturated rings. The molecule has 0 saturated heterocycles. The van der Waals surface area contributed by atoms with E-state index in [0.29, 0.717) is 10.7 Å². The van der Waals surface area contributed by atoms with Crippen LogP contribution >= 0.6 is 0 Å². The number of hydrogen-bond acceptors (Lipinski definition) is 4. The first-order valence-electron chi connectivity index (χ1n) is 7.97. The number of nitrogens with zero attached hydrogens (tertiary/aromatic N) is 2. The van der Waals surface area contributed by atoms with Crippen LogP contribution in [-0.4, -0.2) is 37.1 Å². The van der Waals surface area contributed by atoms with Gasteiger partial charge in [-0.05, 0) is 37.1 Å². The van der Waals surface area contributed by atoms with E-state index in [1.807, 2.05) is 31.2 Å². The van der Waals surface area contributed by atoms with Crippen LogP contribution < -0.4 is 4.90 Å². The molecule has 0 unspecified atom stereocenters. The van der Waals surface area contributed by atoms with Gasteiger partial charge in [-0.2, -0.15) is 0 Å². The van der Waals surface area contributed by atoms with Crippen LogP contribution in [0.15, 0.2) is 53.4 Å². The standard InChI is InChI=1S/C18H16N2O4S/c1-12-10-13-6-2-4-8-15(13)20(12)17(21)11-19-18(22)14-7-3-5-9-16(14)25(19,23)24/h2-9,12H,10-11H2,1H3/t12-/m0/s1. The van der Waals surface area contributed by atoms with Crippen LogP contribution in [0, 0.1) is 0 Å². The first kappa shape index (κ1) is 15.8. The van der Waals surface area contributed by atoms with Gasteiger partial charge in [0.15, 0.2) is 0 Å². The van der Waals surface area contributed by atoms with E-state index < -0.39 is 28.4 Å². The fourth-order valence-electron chi connectivity index (χ4n) is 3.53. The van der Waals surface area contributed by atoms with E-state index >= 15 is 0 Å². The third-order valence-electron chi connectivity index (χ3n) is 4.67. The number of para-hydroxylation sites is 1. The minimum Gasteiger partial charge on any atom is -0.307 e. The molecule has 0 bridgehead atoms. The Morgan fingerprint density at radius 1 is 1.12 bits per heavy atom. The second-order valence-electron chi connectivity index (χ2n) is 6.26. The van der Waals surface area contributed by atoms with Crippen LogP contribution in [0.2, 0.25) is 0 Å². The highest BCUT2D eigenvalue weighted by Gasteiger charge is 2.43. The maximum absolute atomic E-state index is 12.8. The Bertz CT molecular complexity index is 1000. The van der Waals surface area contributed by atoms with E-state index in [4.69, 9.17) is 0 Å². The zero-order valence-electron chi connectivity index (χ0n) is 13.5. The number of benzene rings is 2. The fourth-order valence-corrected chi connectivity index (χ4v) is 5.05. The Morgan fingerprint density at radius 2 is 1.80 bits per heavy atom. The van der Waals surface area contributed by atoms with Crippen molar-refractivity contribution in [3.63, 3.8) is 0 Å². The SMILES string of the molecule is C[C@H]1Cc2ccccc2N1C(=O)CN1C(=O)c2ccccc2S1(=O)=O. The highest BCUT2D eigenvalue weighted by molar-refractivity contribution is 7.90. The summed E-state index contributed by atoms with van der Waals surface area (Å²) in [5.74, 6) is -1.05. The van der Waals surface area contributed by atoms with Crippen molar-refractivity contribution in [2.24, 2.45) is 0 Å². The lowest BCUT2D eigenvalue weighted by Crippen LogP contribution is -2.45. The number of fused-ring (bicyclic) bond motifs is 2. The van der Waals surface area contributed by atoms with Crippen LogP contribution in [0.4, 0.5) is 5.69 Å². The smallest absolute Gasteiger partial charge is 0.269 e. The lowest BCUT2D eigenvalue weighted by molar-refractivity contribution is -0.118. The molecule has 0 saturated carbocycles. The maximum atomic E-state index is 12.8. The lowest BCUT2D eigenvalue weighted by Gasteiger charge is -2.25. The van der Waals surface area contributed by atoms with Gasteiger partial charge in [-0.3, -0.25) is 9.59 Å². The Morgan fingerprint density at radius 3 is 2.56 bits per heavy atom. The van der Waals surface area contributed by atoms with Crippen LogP contribution in [0.25, 0.3) is 0 Å². The molecule has 7 heteroatoms. The maximum Gasteiger partial charge on any atom is 0.269 e. The van der Waals surface area contributed by atoms with E-state index in [1.165, 1.54) is 12.1 Å². The molecule has 1 atom stereocenters. The molecule has 25 heavy (non-hydrogen) atoms. The molecular weight excluding hydrogens is 340 g/mol. The zero-order valence-corrected chi connectivity index (χ0v) is 14.4. The Hall–Kier alpha value is -2.67. The molecule has 2 amide bonds. The molecule has 0 radical (unpaired) electrons. The summed E-state index contributed by atoms with van der Waals surface area (Å²) in [6.45, 7) is 1.42. The van der Waals surface area contributed by atoms with E-state index in [9.17, 15) is 18.0 Å². The van der Waals surface area contributed by atoms with Crippen molar-refractivity contribution in [3.8, 4) is 0 Å². The van der Waals surface area contributed by atoms with Gasteiger partial charge in [-0.25, -0.2) is 12.7 Å². The molecule has 128 valence electrons. The number of rotatable bonds is 2. The van der Waals surface area contributed by atoms with Crippen molar-refractivity contribution in [1.29, 1.82) is 0 Å². The molecule has 2 heterocycles. The first-order chi connectivity index (χ1) is 11.9. The van der Waals surface area contributed by atoms with E-state index in [1.54, 1.807) is 17.0 Å². The summed E-state index contributed by atoms with van der Waals surface area (Å²) in [5, 5.41) is 0. The average molecular weight is 356 g/mol. The third-order valence-corrected chi connectivity index (χ3v) is 6.45. The first-order valence-corrected chi connectivity index (χ1v) is 9.41. The van der Waals surface area contributed by atoms with Gasteiger partial charge in [0.2, 0.25) is 5.91 Å². The van der Waals surface area contributed by atoms with Crippen molar-refractivity contribution in [2.45, 2.75) is 24.3 Å². The van der Waals surface area contributed by atoms with Crippen LogP contribution in [0.5, 0.6) is 0 Å². The molecule has 2 aromatic rings. The quantitative estimate of drug-likeness (QED) is 0.822. The van der Waals surface area contributed by atoms with Crippen molar-refractivity contribution < 1.29 is 18.0 Å². The average Bonchev–Trinajstić information content (AvgIpc) is 3.02. The lowest BCUT2D eigenvalue weighted by atomic mass is 10.1. The van der Waals surface area contributed by atoms with Gasteiger partial charge in [-0.1, -0.05) is 30.3 Å². The van der Waals surface area contributed by atoms with Gasteiger partial charge in [0.25, 0.3) is 15.9 Å². The number of amides is 2. The molecule has 2 aliphatic rings. The minimum absolute atomic E-state index is 0.0392. The molecule has 0 spiro atoms. The zero-order chi connectivity index (χ0) is 17.8. The molecule has 0 aliphatic carbocycles. The highest BCUT2D eigenvalue weighted by atomic mass is 32.2. The summed E-state index contributed by atoms with van der Waals surface area (Å²) in [6.07, 6.45) is 0.711. The van der Waals surface area contributed by atoms with Crippen LogP contribution in [0.3, 0.4) is 0 Å². The number of carbonyl (C=O) groups excluding carboxylic acids is 2. The number of carbonyl (C=O) groups is 2. The van der Waals surface area contributed by atoms with Gasteiger partial charge in [0.05, 0.1) is 5.56 Å². The van der Waals surface area contributed by atoms with Crippen molar-refractivity contribution in [3.05, 3.63) is 59.7 Å².